The van der Waals surface area contributed by atoms with Crippen LogP contribution in [0.3, 0.4) is 0 Å². The van der Waals surface area contributed by atoms with Crippen LogP contribution in [0.5, 0.6) is 0 Å². The van der Waals surface area contributed by atoms with E-state index in [4.69, 9.17) is 0 Å². The van der Waals surface area contributed by atoms with Gasteiger partial charge < -0.3 is 10.4 Å². The molecule has 0 radical (unpaired) electrons. The van der Waals surface area contributed by atoms with Crippen LogP contribution in [0.1, 0.15) is 15.9 Å². The summed E-state index contributed by atoms with van der Waals surface area (Å²) in [5.74, 6) is -0.298. The number of benzene rings is 1. The number of allylic oxidation sites excluding steroid dienone is 1. The van der Waals surface area contributed by atoms with Crippen LogP contribution in [-0.2, 0) is 0 Å². The number of ketones is 1. The number of fused-ring (bicyclic) bond motifs is 1. The predicted molar refractivity (Wildman–Crippen MR) is 50.6 cm³/mol. The van der Waals surface area contributed by atoms with Crippen molar-refractivity contribution in [1.29, 1.82) is 0 Å². The molecule has 0 aromatic heterocycles. The van der Waals surface area contributed by atoms with Crippen molar-refractivity contribution < 1.29 is 56.2 Å². The molecule has 0 spiro atoms. The number of hydrogen-bond acceptors (Lipinski definition) is 3. The van der Waals surface area contributed by atoms with Crippen molar-refractivity contribution in [3.63, 3.8) is 0 Å². The molecule has 0 saturated heterocycles. The molecule has 2 rings (SSSR count). The molecular weight excluding hydrogens is 205 g/mol. The minimum atomic E-state index is -0.298. The molecule has 1 aliphatic rings. The predicted octanol–water partition coefficient (Wildman–Crippen LogP) is -1.16. The van der Waals surface area contributed by atoms with Crippen LogP contribution < -0.4 is 51.4 Å². The summed E-state index contributed by atoms with van der Waals surface area (Å²) in [6.07, 6.45) is 3.16. The monoisotopic (exact) mass is 211 g/mol. The molecule has 0 unspecified atom stereocenters. The van der Waals surface area contributed by atoms with E-state index in [1.165, 1.54) is 6.08 Å². The van der Waals surface area contributed by atoms with Gasteiger partial charge in [0.25, 0.3) is 0 Å². The van der Waals surface area contributed by atoms with Gasteiger partial charge in [0.05, 0.1) is 0 Å². The largest absolute Gasteiger partial charge is 1.00 e. The molecule has 0 saturated carbocycles. The van der Waals surface area contributed by atoms with E-state index < -0.39 is 0 Å². The topological polar surface area (TPSA) is 52.5 Å². The Morgan fingerprint density at radius 3 is 2.57 bits per heavy atom. The first kappa shape index (κ1) is 11.8. The summed E-state index contributed by atoms with van der Waals surface area (Å²) >= 11 is 0. The van der Waals surface area contributed by atoms with Gasteiger partial charge in [-0.05, 0) is 11.6 Å². The Hall–Kier alpha value is -0.264. The number of hydrogen-bond donors (Lipinski definition) is 0. The van der Waals surface area contributed by atoms with Gasteiger partial charge >= 0.3 is 51.4 Å². The van der Waals surface area contributed by atoms with E-state index >= 15 is 0 Å². The molecule has 14 heavy (non-hydrogen) atoms. The van der Waals surface area contributed by atoms with Crippen LogP contribution >= 0.6 is 0 Å². The second-order valence-electron chi connectivity index (χ2n) is 2.73. The molecule has 64 valence electrons. The molecule has 1 aromatic carbocycles. The second-order valence-corrected chi connectivity index (χ2v) is 2.73. The number of nitrogens with zero attached hydrogens (tertiary/aromatic N) is 1. The Bertz CT molecular complexity index is 424. The van der Waals surface area contributed by atoms with E-state index in [0.29, 0.717) is 5.56 Å². The van der Waals surface area contributed by atoms with Crippen LogP contribution in [0.15, 0.2) is 35.5 Å². The zero-order valence-electron chi connectivity index (χ0n) is 7.73. The molecular formula is C10H6KNO2. The van der Waals surface area contributed by atoms with Crippen LogP contribution in [0.4, 0.5) is 0 Å². The molecule has 1 aromatic rings. The van der Waals surface area contributed by atoms with E-state index in [1.54, 1.807) is 18.2 Å². The number of rotatable bonds is 0. The molecule has 0 aliphatic heterocycles. The Kier molecular flexibility index (Phi) is 4.22. The fourth-order valence-corrected chi connectivity index (χ4v) is 1.30. The summed E-state index contributed by atoms with van der Waals surface area (Å²) in [6.45, 7) is 0. The second kappa shape index (κ2) is 5.00. The van der Waals surface area contributed by atoms with Crippen molar-refractivity contribution in [2.45, 2.75) is 0 Å². The third-order valence-electron chi connectivity index (χ3n) is 1.96. The van der Waals surface area contributed by atoms with Crippen molar-refractivity contribution in [2.24, 2.45) is 5.16 Å². The number of carbonyl (C=O) groups excluding carboxylic acids is 1. The summed E-state index contributed by atoms with van der Waals surface area (Å²) in [5, 5.41) is 12.9. The van der Waals surface area contributed by atoms with Gasteiger partial charge in [-0.25, -0.2) is 0 Å². The van der Waals surface area contributed by atoms with Gasteiger partial charge in [0.2, 0.25) is 5.78 Å². The van der Waals surface area contributed by atoms with E-state index in [9.17, 15) is 10.0 Å². The normalized spacial score (nSPS) is 16.3. The molecule has 0 heterocycles. The third-order valence-corrected chi connectivity index (χ3v) is 1.96. The van der Waals surface area contributed by atoms with E-state index in [0.717, 1.165) is 5.56 Å². The zero-order valence-corrected chi connectivity index (χ0v) is 10.9. The minimum Gasteiger partial charge on any atom is -0.791 e. The van der Waals surface area contributed by atoms with Crippen molar-refractivity contribution in [3.05, 3.63) is 46.7 Å². The molecule has 4 heteroatoms. The summed E-state index contributed by atoms with van der Waals surface area (Å²) in [5.41, 5.74) is 1.35. The smallest absolute Gasteiger partial charge is 0.791 e. The minimum absolute atomic E-state index is 0. The Labute approximate surface area is 124 Å². The van der Waals surface area contributed by atoms with E-state index in [-0.39, 0.29) is 62.9 Å². The maximum absolute atomic E-state index is 11.5. The average Bonchev–Trinajstić information content (AvgIpc) is 2.19. The van der Waals surface area contributed by atoms with Gasteiger partial charge in [-0.15, -0.1) is 0 Å². The van der Waals surface area contributed by atoms with Gasteiger partial charge in [0.15, 0.2) is 0 Å². The molecule has 3 nitrogen and oxygen atoms in total. The average molecular weight is 211 g/mol. The first-order chi connectivity index (χ1) is 6.33. The third kappa shape index (κ3) is 2.04. The molecule has 1 aliphatic carbocycles. The van der Waals surface area contributed by atoms with Crippen LogP contribution in [-0.4, -0.2) is 11.5 Å². The van der Waals surface area contributed by atoms with Gasteiger partial charge in [0, 0.05) is 5.56 Å². The van der Waals surface area contributed by atoms with E-state index in [1.807, 2.05) is 12.1 Å². The van der Waals surface area contributed by atoms with Crippen LogP contribution in [0, 0.1) is 5.21 Å². The molecule has 0 fully saturated rings. The fourth-order valence-electron chi connectivity index (χ4n) is 1.30. The van der Waals surface area contributed by atoms with E-state index in [2.05, 4.69) is 5.16 Å². The number of carbonyl (C=O) groups is 1. The number of Topliss-reactive ketones (excluding diaryl/α,β-unsaturated/α-hetero) is 1. The SMILES string of the molecule is O=C1/C(=N/[O-])C=Cc2ccccc21.[K+]. The first-order valence-electron chi connectivity index (χ1n) is 3.85. The summed E-state index contributed by atoms with van der Waals surface area (Å²) in [6, 6.07) is 7.12. The summed E-state index contributed by atoms with van der Waals surface area (Å²) < 4.78 is 0. The van der Waals surface area contributed by atoms with Crippen molar-refractivity contribution in [1.82, 2.24) is 0 Å². The molecule has 0 atom stereocenters. The quantitative estimate of drug-likeness (QED) is 0.401. The van der Waals surface area contributed by atoms with Crippen molar-refractivity contribution in [3.8, 4) is 0 Å². The Morgan fingerprint density at radius 2 is 1.86 bits per heavy atom. The van der Waals surface area contributed by atoms with Crippen LogP contribution in [0.2, 0.25) is 0 Å². The van der Waals surface area contributed by atoms with Gasteiger partial charge in [0.1, 0.15) is 5.71 Å². The maximum atomic E-state index is 11.5. The summed E-state index contributed by atoms with van der Waals surface area (Å²) in [4.78, 5) is 11.5. The van der Waals surface area contributed by atoms with Crippen LogP contribution in [0.25, 0.3) is 6.08 Å². The first-order valence-corrected chi connectivity index (χ1v) is 3.85. The maximum Gasteiger partial charge on any atom is 1.00 e. The molecule has 0 N–H and O–H groups in total. The molecule has 0 amide bonds. The van der Waals surface area contributed by atoms with Crippen molar-refractivity contribution >= 4 is 17.6 Å². The summed E-state index contributed by atoms with van der Waals surface area (Å²) in [7, 11) is 0. The Balaban J connectivity index is 0.000000980. The van der Waals surface area contributed by atoms with Gasteiger partial charge in [-0.1, -0.05) is 30.3 Å². The molecule has 0 bridgehead atoms. The zero-order chi connectivity index (χ0) is 9.26. The van der Waals surface area contributed by atoms with Gasteiger partial charge in [-0.3, -0.25) is 4.79 Å². The van der Waals surface area contributed by atoms with Gasteiger partial charge in [-0.2, -0.15) is 0 Å². The fraction of sp³-hybridized carbons (Fsp3) is 0. The Morgan fingerprint density at radius 1 is 1.14 bits per heavy atom. The standard InChI is InChI=1S/C10H7NO2.K/c12-10-8-4-2-1-3-7(8)5-6-9(10)11-13;/h1-6,13H;/q;+1/p-1/b11-9+;. The van der Waals surface area contributed by atoms with Crippen molar-refractivity contribution in [2.75, 3.05) is 0 Å².